The van der Waals surface area contributed by atoms with Crippen LogP contribution < -0.4 is 5.32 Å². The molecule has 0 radical (unpaired) electrons. The average Bonchev–Trinajstić information content (AvgIpc) is 2.34. The van der Waals surface area contributed by atoms with Gasteiger partial charge in [-0.2, -0.15) is 0 Å². The lowest BCUT2D eigenvalue weighted by Crippen LogP contribution is -2.29. The summed E-state index contributed by atoms with van der Waals surface area (Å²) in [5.74, 6) is 1.69. The van der Waals surface area contributed by atoms with Crippen LogP contribution in [0.4, 0.5) is 5.69 Å². The fourth-order valence-electron chi connectivity index (χ4n) is 2.25. The van der Waals surface area contributed by atoms with Crippen molar-refractivity contribution in [3.8, 4) is 0 Å². The molecule has 0 atom stereocenters. The topological polar surface area (TPSA) is 32.3 Å². The summed E-state index contributed by atoms with van der Waals surface area (Å²) in [4.78, 5) is 2.17. The van der Waals surface area contributed by atoms with E-state index in [-0.39, 0.29) is 0 Å². The molecule has 0 aliphatic carbocycles. The Hall–Kier alpha value is -0.870. The number of nitrogens with zero attached hydrogens (tertiary/aromatic N) is 1. The molecule has 1 fully saturated rings. The van der Waals surface area contributed by atoms with Crippen LogP contribution in [0.5, 0.6) is 0 Å². The van der Waals surface area contributed by atoms with Gasteiger partial charge in [-0.25, -0.2) is 0 Å². The highest BCUT2D eigenvalue weighted by atomic mass is 32.2. The van der Waals surface area contributed by atoms with E-state index in [9.17, 15) is 4.21 Å². The Balaban J connectivity index is 1.88. The van der Waals surface area contributed by atoms with Gasteiger partial charge in [0.25, 0.3) is 0 Å². The van der Waals surface area contributed by atoms with E-state index in [1.54, 1.807) is 0 Å². The molecule has 0 spiro atoms. The highest BCUT2D eigenvalue weighted by Crippen LogP contribution is 2.17. The van der Waals surface area contributed by atoms with Gasteiger partial charge in [0.1, 0.15) is 0 Å². The predicted molar refractivity (Wildman–Crippen MR) is 78.4 cm³/mol. The van der Waals surface area contributed by atoms with Crippen molar-refractivity contribution in [3.63, 3.8) is 0 Å². The largest absolute Gasteiger partial charge is 0.382 e. The maximum atomic E-state index is 11.3. The van der Waals surface area contributed by atoms with Gasteiger partial charge in [-0.3, -0.25) is 4.21 Å². The molecule has 0 aromatic heterocycles. The molecule has 1 aromatic rings. The first-order valence-electron chi connectivity index (χ1n) is 6.48. The standard InChI is InChI=1S/C14H22N2OS/c1-16(2)11-12-3-5-13(6-4-12)15-14-7-9-18(17)10-8-14/h3-6,14-15H,7-11H2,1-2H3. The number of anilines is 1. The molecule has 4 heteroatoms. The Morgan fingerprint density at radius 2 is 1.83 bits per heavy atom. The van der Waals surface area contributed by atoms with Crippen LogP contribution in [0.2, 0.25) is 0 Å². The van der Waals surface area contributed by atoms with Crippen LogP contribution in [0, 0.1) is 0 Å². The van der Waals surface area contributed by atoms with Crippen LogP contribution >= 0.6 is 0 Å². The number of hydrogen-bond donors (Lipinski definition) is 1. The van der Waals surface area contributed by atoms with Gasteiger partial charge in [0, 0.05) is 40.6 Å². The monoisotopic (exact) mass is 266 g/mol. The molecule has 1 aliphatic heterocycles. The highest BCUT2D eigenvalue weighted by molar-refractivity contribution is 7.85. The molecule has 1 N–H and O–H groups in total. The lowest BCUT2D eigenvalue weighted by molar-refractivity contribution is 0.402. The zero-order chi connectivity index (χ0) is 13.0. The maximum Gasteiger partial charge on any atom is 0.0342 e. The quantitative estimate of drug-likeness (QED) is 0.905. The Labute approximate surface area is 112 Å². The summed E-state index contributed by atoms with van der Waals surface area (Å²) < 4.78 is 11.3. The van der Waals surface area contributed by atoms with E-state index in [1.165, 1.54) is 11.3 Å². The normalized spacial score (nSPS) is 24.2. The molecule has 100 valence electrons. The molecule has 0 amide bonds. The van der Waals surface area contributed by atoms with Crippen molar-refractivity contribution in [1.29, 1.82) is 0 Å². The summed E-state index contributed by atoms with van der Waals surface area (Å²) in [6.45, 7) is 0.975. The summed E-state index contributed by atoms with van der Waals surface area (Å²) in [6.07, 6.45) is 2.04. The van der Waals surface area contributed by atoms with E-state index < -0.39 is 10.8 Å². The molecule has 1 aromatic carbocycles. The summed E-state index contributed by atoms with van der Waals surface area (Å²) >= 11 is 0. The molecule has 2 rings (SSSR count). The van der Waals surface area contributed by atoms with Crippen LogP contribution in [0.3, 0.4) is 0 Å². The second kappa shape index (κ2) is 6.34. The predicted octanol–water partition coefficient (Wildman–Crippen LogP) is 2.07. The van der Waals surface area contributed by atoms with Crippen LogP contribution in [0.15, 0.2) is 24.3 Å². The van der Waals surface area contributed by atoms with Crippen LogP contribution in [-0.4, -0.2) is 40.8 Å². The van der Waals surface area contributed by atoms with Crippen molar-refractivity contribution in [2.45, 2.75) is 25.4 Å². The van der Waals surface area contributed by atoms with Gasteiger partial charge in [-0.1, -0.05) is 12.1 Å². The van der Waals surface area contributed by atoms with Gasteiger partial charge in [-0.15, -0.1) is 0 Å². The Morgan fingerprint density at radius 1 is 1.22 bits per heavy atom. The first-order chi connectivity index (χ1) is 8.63. The van der Waals surface area contributed by atoms with Crippen molar-refractivity contribution in [2.24, 2.45) is 0 Å². The van der Waals surface area contributed by atoms with E-state index in [0.717, 1.165) is 30.9 Å². The highest BCUT2D eigenvalue weighted by Gasteiger charge is 2.17. The van der Waals surface area contributed by atoms with Crippen LogP contribution in [-0.2, 0) is 17.3 Å². The van der Waals surface area contributed by atoms with Gasteiger partial charge < -0.3 is 10.2 Å². The zero-order valence-electron chi connectivity index (χ0n) is 11.2. The van der Waals surface area contributed by atoms with Gasteiger partial charge in [-0.05, 0) is 44.6 Å². The van der Waals surface area contributed by atoms with E-state index in [0.29, 0.717) is 6.04 Å². The molecule has 1 saturated heterocycles. The first kappa shape index (κ1) is 13.6. The molecule has 0 unspecified atom stereocenters. The van der Waals surface area contributed by atoms with Gasteiger partial charge in [0.05, 0.1) is 0 Å². The summed E-state index contributed by atoms with van der Waals surface area (Å²) in [6, 6.07) is 9.11. The minimum absolute atomic E-state index is 0.488. The molecular formula is C14H22N2OS. The van der Waals surface area contributed by atoms with Crippen molar-refractivity contribution in [3.05, 3.63) is 29.8 Å². The van der Waals surface area contributed by atoms with Crippen molar-refractivity contribution in [2.75, 3.05) is 30.9 Å². The first-order valence-corrected chi connectivity index (χ1v) is 7.97. The SMILES string of the molecule is CN(C)Cc1ccc(NC2CCS(=O)CC2)cc1. The van der Waals surface area contributed by atoms with E-state index in [1.807, 2.05) is 0 Å². The summed E-state index contributed by atoms with van der Waals surface area (Å²) in [7, 11) is 3.58. The third-order valence-electron chi connectivity index (χ3n) is 3.21. The third kappa shape index (κ3) is 4.10. The van der Waals surface area contributed by atoms with Gasteiger partial charge >= 0.3 is 0 Å². The molecular weight excluding hydrogens is 244 g/mol. The second-order valence-corrected chi connectivity index (χ2v) is 6.90. The number of benzene rings is 1. The van der Waals surface area contributed by atoms with E-state index in [4.69, 9.17) is 0 Å². The number of rotatable bonds is 4. The van der Waals surface area contributed by atoms with E-state index >= 15 is 0 Å². The zero-order valence-corrected chi connectivity index (χ0v) is 12.0. The van der Waals surface area contributed by atoms with E-state index in [2.05, 4.69) is 48.6 Å². The lowest BCUT2D eigenvalue weighted by Gasteiger charge is -2.23. The third-order valence-corrected chi connectivity index (χ3v) is 4.59. The van der Waals surface area contributed by atoms with Crippen molar-refractivity contribution >= 4 is 16.5 Å². The molecule has 1 aliphatic rings. The average molecular weight is 266 g/mol. The van der Waals surface area contributed by atoms with Crippen molar-refractivity contribution in [1.82, 2.24) is 4.90 Å². The second-order valence-electron chi connectivity index (χ2n) is 5.20. The molecule has 0 bridgehead atoms. The molecule has 1 heterocycles. The minimum Gasteiger partial charge on any atom is -0.382 e. The number of nitrogens with one attached hydrogen (secondary N) is 1. The van der Waals surface area contributed by atoms with Crippen LogP contribution in [0.25, 0.3) is 0 Å². The molecule has 18 heavy (non-hydrogen) atoms. The van der Waals surface area contributed by atoms with Crippen LogP contribution in [0.1, 0.15) is 18.4 Å². The molecule has 0 saturated carbocycles. The Morgan fingerprint density at radius 3 is 2.39 bits per heavy atom. The Kier molecular flexibility index (Phi) is 4.78. The maximum absolute atomic E-state index is 11.3. The van der Waals surface area contributed by atoms with Gasteiger partial charge in [0.2, 0.25) is 0 Å². The summed E-state index contributed by atoms with van der Waals surface area (Å²) in [5.41, 5.74) is 2.51. The minimum atomic E-state index is -0.575. The smallest absolute Gasteiger partial charge is 0.0342 e. The fraction of sp³-hybridized carbons (Fsp3) is 0.571. The van der Waals surface area contributed by atoms with Gasteiger partial charge in [0.15, 0.2) is 0 Å². The summed E-state index contributed by atoms with van der Waals surface area (Å²) in [5, 5.41) is 3.53. The lowest BCUT2D eigenvalue weighted by atomic mass is 10.1. The molecule has 3 nitrogen and oxygen atoms in total. The fourth-order valence-corrected chi connectivity index (χ4v) is 3.54. The number of hydrogen-bond acceptors (Lipinski definition) is 3. The Bertz CT molecular complexity index is 393. The van der Waals surface area contributed by atoms with Crippen molar-refractivity contribution < 1.29 is 4.21 Å².